The van der Waals surface area contributed by atoms with Gasteiger partial charge in [0.25, 0.3) is 0 Å². The Morgan fingerprint density at radius 1 is 1.57 bits per heavy atom. The number of rotatable bonds is 2. The molecule has 1 aromatic heterocycles. The molecule has 0 spiro atoms. The summed E-state index contributed by atoms with van der Waals surface area (Å²) in [7, 11) is 0. The second kappa shape index (κ2) is 3.13. The van der Waals surface area contributed by atoms with Gasteiger partial charge in [-0.15, -0.1) is 0 Å². The van der Waals surface area contributed by atoms with Crippen molar-refractivity contribution in [3.8, 4) is 0 Å². The van der Waals surface area contributed by atoms with Gasteiger partial charge in [-0.2, -0.15) is 0 Å². The Kier molecular flexibility index (Phi) is 1.95. The minimum Gasteiger partial charge on any atom is -0.393 e. The summed E-state index contributed by atoms with van der Waals surface area (Å²) >= 11 is 0. The lowest BCUT2D eigenvalue weighted by Gasteiger charge is -2.31. The molecule has 2 N–H and O–H groups in total. The summed E-state index contributed by atoms with van der Waals surface area (Å²) in [6.07, 6.45) is 2.55. The molecule has 0 saturated carbocycles. The van der Waals surface area contributed by atoms with Gasteiger partial charge in [0.05, 0.1) is 4.92 Å². The Bertz CT molecular complexity index is 376. The number of nitrogens with zero attached hydrogens (tertiary/aromatic N) is 3. The number of nitro groups is 1. The van der Waals surface area contributed by atoms with Crippen molar-refractivity contribution in [3.05, 3.63) is 22.4 Å². The van der Waals surface area contributed by atoms with E-state index >= 15 is 0 Å². The van der Waals surface area contributed by atoms with Crippen LogP contribution < -0.4 is 10.6 Å². The molecule has 1 aliphatic heterocycles. The van der Waals surface area contributed by atoms with E-state index in [1.807, 2.05) is 4.90 Å². The summed E-state index contributed by atoms with van der Waals surface area (Å²) in [5.41, 5.74) is 5.63. The number of nitrogen functional groups attached to an aromatic ring is 1. The zero-order valence-corrected chi connectivity index (χ0v) is 7.51. The second-order valence-electron chi connectivity index (χ2n) is 3.17. The highest BCUT2D eigenvalue weighted by Gasteiger charge is 2.27. The van der Waals surface area contributed by atoms with E-state index in [1.54, 1.807) is 0 Å². The van der Waals surface area contributed by atoms with Crippen LogP contribution in [0.25, 0.3) is 0 Å². The monoisotopic (exact) mass is 194 g/mol. The molecule has 1 aliphatic rings. The number of hydrogen-bond donors (Lipinski definition) is 1. The van der Waals surface area contributed by atoms with E-state index in [2.05, 4.69) is 4.98 Å². The molecular weight excluding hydrogens is 184 g/mol. The van der Waals surface area contributed by atoms with Crippen LogP contribution in [0.15, 0.2) is 12.3 Å². The molecule has 14 heavy (non-hydrogen) atoms. The maximum absolute atomic E-state index is 10.7. The zero-order chi connectivity index (χ0) is 10.1. The van der Waals surface area contributed by atoms with Gasteiger partial charge >= 0.3 is 5.69 Å². The largest absolute Gasteiger partial charge is 0.393 e. The van der Waals surface area contributed by atoms with E-state index < -0.39 is 4.92 Å². The standard InChI is InChI=1S/C8H10N4O2/c9-6-2-3-10-8(7(6)12(13)14)11-4-1-5-11/h2-3H,1,4-5H2,(H2,9,10). The van der Waals surface area contributed by atoms with Crippen LogP contribution in [-0.2, 0) is 0 Å². The molecular formula is C8H10N4O2. The fourth-order valence-corrected chi connectivity index (χ4v) is 1.40. The molecule has 6 nitrogen and oxygen atoms in total. The van der Waals surface area contributed by atoms with Crippen molar-refractivity contribution in [3.63, 3.8) is 0 Å². The lowest BCUT2D eigenvalue weighted by molar-refractivity contribution is -0.383. The van der Waals surface area contributed by atoms with Gasteiger partial charge in [-0.3, -0.25) is 10.1 Å². The molecule has 0 aromatic carbocycles. The number of anilines is 2. The fraction of sp³-hybridized carbons (Fsp3) is 0.375. The van der Waals surface area contributed by atoms with E-state index in [-0.39, 0.29) is 11.4 Å². The van der Waals surface area contributed by atoms with E-state index in [9.17, 15) is 10.1 Å². The molecule has 1 saturated heterocycles. The maximum Gasteiger partial charge on any atom is 0.334 e. The third-order valence-corrected chi connectivity index (χ3v) is 2.27. The van der Waals surface area contributed by atoms with Crippen molar-refractivity contribution in [1.82, 2.24) is 4.98 Å². The molecule has 0 amide bonds. The first-order chi connectivity index (χ1) is 6.70. The van der Waals surface area contributed by atoms with Crippen molar-refractivity contribution < 1.29 is 4.92 Å². The first-order valence-corrected chi connectivity index (χ1v) is 4.34. The zero-order valence-electron chi connectivity index (χ0n) is 7.51. The number of nitrogens with two attached hydrogens (primary N) is 1. The van der Waals surface area contributed by atoms with Gasteiger partial charge in [-0.1, -0.05) is 0 Å². The van der Waals surface area contributed by atoms with Gasteiger partial charge in [0.2, 0.25) is 5.82 Å². The normalized spacial score (nSPS) is 15.0. The predicted octanol–water partition coefficient (Wildman–Crippen LogP) is 0.782. The highest BCUT2D eigenvalue weighted by Crippen LogP contribution is 2.33. The maximum atomic E-state index is 10.7. The van der Waals surface area contributed by atoms with Crippen LogP contribution in [0.2, 0.25) is 0 Å². The molecule has 2 rings (SSSR count). The fourth-order valence-electron chi connectivity index (χ4n) is 1.40. The molecule has 0 radical (unpaired) electrons. The molecule has 1 aromatic rings. The van der Waals surface area contributed by atoms with Crippen molar-refractivity contribution >= 4 is 17.2 Å². The summed E-state index contributed by atoms with van der Waals surface area (Å²) < 4.78 is 0. The van der Waals surface area contributed by atoms with E-state index in [0.717, 1.165) is 19.5 Å². The van der Waals surface area contributed by atoms with Gasteiger partial charge in [-0.05, 0) is 12.5 Å². The Balaban J connectivity index is 2.46. The van der Waals surface area contributed by atoms with Crippen molar-refractivity contribution in [2.45, 2.75) is 6.42 Å². The lowest BCUT2D eigenvalue weighted by Crippen LogP contribution is -2.38. The predicted molar refractivity (Wildman–Crippen MR) is 52.1 cm³/mol. The van der Waals surface area contributed by atoms with Crippen LogP contribution in [0.1, 0.15) is 6.42 Å². The summed E-state index contributed by atoms with van der Waals surface area (Å²) in [6.45, 7) is 1.63. The first kappa shape index (κ1) is 8.74. The topological polar surface area (TPSA) is 85.3 Å². The lowest BCUT2D eigenvalue weighted by atomic mass is 10.2. The number of hydrogen-bond acceptors (Lipinski definition) is 5. The average Bonchev–Trinajstić information content (AvgIpc) is 1.99. The number of pyridine rings is 1. The molecule has 1 fully saturated rings. The minimum atomic E-state index is -0.476. The first-order valence-electron chi connectivity index (χ1n) is 4.34. The van der Waals surface area contributed by atoms with Gasteiger partial charge in [0.1, 0.15) is 5.69 Å². The van der Waals surface area contributed by atoms with Crippen LogP contribution in [0, 0.1) is 10.1 Å². The van der Waals surface area contributed by atoms with E-state index in [1.165, 1.54) is 12.3 Å². The Hall–Kier alpha value is -1.85. The summed E-state index contributed by atoms with van der Waals surface area (Å²) in [5.74, 6) is 0.390. The molecule has 0 aliphatic carbocycles. The SMILES string of the molecule is Nc1ccnc(N2CCC2)c1[N+](=O)[O-]. The van der Waals surface area contributed by atoms with Gasteiger partial charge in [0, 0.05) is 19.3 Å². The highest BCUT2D eigenvalue weighted by atomic mass is 16.6. The average molecular weight is 194 g/mol. The van der Waals surface area contributed by atoms with Crippen molar-refractivity contribution in [1.29, 1.82) is 0 Å². The summed E-state index contributed by atoms with van der Waals surface area (Å²) in [4.78, 5) is 16.1. The van der Waals surface area contributed by atoms with Gasteiger partial charge in [-0.25, -0.2) is 4.98 Å². The molecule has 0 atom stereocenters. The van der Waals surface area contributed by atoms with Crippen LogP contribution >= 0.6 is 0 Å². The summed E-state index contributed by atoms with van der Waals surface area (Å²) in [5, 5.41) is 10.7. The molecule has 0 bridgehead atoms. The third-order valence-electron chi connectivity index (χ3n) is 2.27. The van der Waals surface area contributed by atoms with E-state index in [4.69, 9.17) is 5.73 Å². The van der Waals surface area contributed by atoms with E-state index in [0.29, 0.717) is 5.82 Å². The molecule has 2 heterocycles. The van der Waals surface area contributed by atoms with Gasteiger partial charge < -0.3 is 10.6 Å². The van der Waals surface area contributed by atoms with Crippen LogP contribution in [-0.4, -0.2) is 23.0 Å². The minimum absolute atomic E-state index is 0.0767. The number of aromatic nitrogens is 1. The van der Waals surface area contributed by atoms with Gasteiger partial charge in [0.15, 0.2) is 0 Å². The van der Waals surface area contributed by atoms with Crippen molar-refractivity contribution in [2.75, 3.05) is 23.7 Å². The Morgan fingerprint density at radius 3 is 2.79 bits per heavy atom. The third kappa shape index (κ3) is 1.24. The van der Waals surface area contributed by atoms with Crippen LogP contribution in [0.4, 0.5) is 17.2 Å². The summed E-state index contributed by atoms with van der Waals surface area (Å²) in [6, 6.07) is 1.45. The Labute approximate surface area is 80.5 Å². The van der Waals surface area contributed by atoms with Crippen molar-refractivity contribution in [2.24, 2.45) is 0 Å². The molecule has 74 valence electrons. The van der Waals surface area contributed by atoms with Crippen LogP contribution in [0.5, 0.6) is 0 Å². The second-order valence-corrected chi connectivity index (χ2v) is 3.17. The highest BCUT2D eigenvalue weighted by molar-refractivity contribution is 5.72. The smallest absolute Gasteiger partial charge is 0.334 e. The van der Waals surface area contributed by atoms with Crippen LogP contribution in [0.3, 0.4) is 0 Å². The molecule has 0 unspecified atom stereocenters. The Morgan fingerprint density at radius 2 is 2.29 bits per heavy atom. The molecule has 6 heteroatoms. The quantitative estimate of drug-likeness (QED) is 0.555.